The minimum atomic E-state index is -3.89. The molecule has 0 saturated carbocycles. The Morgan fingerprint density at radius 3 is 2.52 bits per heavy atom. The zero-order valence-corrected chi connectivity index (χ0v) is 11.9. The third-order valence-electron chi connectivity index (χ3n) is 2.89. The highest BCUT2D eigenvalue weighted by atomic mass is 32.2. The first-order chi connectivity index (χ1) is 9.72. The van der Waals surface area contributed by atoms with E-state index in [1.54, 1.807) is 0 Å². The van der Waals surface area contributed by atoms with E-state index >= 15 is 0 Å². The van der Waals surface area contributed by atoms with Crippen LogP contribution in [0.2, 0.25) is 0 Å². The molecule has 0 bridgehead atoms. The number of aromatic carboxylic acids is 1. The summed E-state index contributed by atoms with van der Waals surface area (Å²) in [5.74, 6) is -3.00. The summed E-state index contributed by atoms with van der Waals surface area (Å²) in [5.41, 5.74) is -0.322. The van der Waals surface area contributed by atoms with Gasteiger partial charge < -0.3 is 5.11 Å². The zero-order chi connectivity index (χ0) is 15.8. The Labute approximate surface area is 119 Å². The monoisotopic (exact) mass is 314 g/mol. The maximum absolute atomic E-state index is 13.6. The first kappa shape index (κ1) is 15.1. The molecule has 0 radical (unpaired) electrons. The molecule has 1 heterocycles. The molecule has 2 rings (SSSR count). The SMILES string of the molecule is Cc1cc(S(=O)(=O)Cc2nonc2C)cc(C(=O)O)c1F. The van der Waals surface area contributed by atoms with Gasteiger partial charge in [-0.3, -0.25) is 0 Å². The van der Waals surface area contributed by atoms with E-state index in [1.165, 1.54) is 13.8 Å². The van der Waals surface area contributed by atoms with Crippen LogP contribution in [-0.4, -0.2) is 29.8 Å². The number of nitrogens with zero attached hydrogens (tertiary/aromatic N) is 2. The highest BCUT2D eigenvalue weighted by Gasteiger charge is 2.24. The van der Waals surface area contributed by atoms with E-state index in [-0.39, 0.29) is 16.2 Å². The Bertz CT molecular complexity index is 813. The molecule has 1 aromatic heterocycles. The summed E-state index contributed by atoms with van der Waals surface area (Å²) < 4.78 is 42.6. The zero-order valence-electron chi connectivity index (χ0n) is 11.1. The molecular weight excluding hydrogens is 303 g/mol. The van der Waals surface area contributed by atoms with Crippen molar-refractivity contribution in [3.05, 3.63) is 40.5 Å². The van der Waals surface area contributed by atoms with Crippen LogP contribution in [0.3, 0.4) is 0 Å². The molecule has 0 aliphatic carbocycles. The molecule has 0 atom stereocenters. The quantitative estimate of drug-likeness (QED) is 0.851. The number of carboxylic acid groups (broad SMARTS) is 1. The van der Waals surface area contributed by atoms with E-state index in [2.05, 4.69) is 14.9 Å². The fourth-order valence-corrected chi connectivity index (χ4v) is 3.16. The number of sulfone groups is 1. The number of benzene rings is 1. The van der Waals surface area contributed by atoms with Crippen molar-refractivity contribution in [3.63, 3.8) is 0 Å². The van der Waals surface area contributed by atoms with Gasteiger partial charge in [0.1, 0.15) is 23.0 Å². The molecule has 0 aliphatic heterocycles. The standard InChI is InChI=1S/C12H11FN2O5S/c1-6-3-8(4-9(11(6)13)12(16)17)21(18,19)5-10-7(2)14-20-15-10/h3-4H,5H2,1-2H3,(H,16,17). The Kier molecular flexibility index (Phi) is 3.77. The van der Waals surface area contributed by atoms with Crippen molar-refractivity contribution in [1.29, 1.82) is 0 Å². The number of aromatic nitrogens is 2. The molecule has 2 aromatic rings. The summed E-state index contributed by atoms with van der Waals surface area (Å²) in [4.78, 5) is 10.7. The molecule has 1 N–H and O–H groups in total. The van der Waals surface area contributed by atoms with E-state index in [0.717, 1.165) is 12.1 Å². The van der Waals surface area contributed by atoms with Crippen molar-refractivity contribution in [2.24, 2.45) is 0 Å². The van der Waals surface area contributed by atoms with Crippen molar-refractivity contribution in [1.82, 2.24) is 10.3 Å². The second kappa shape index (κ2) is 5.24. The van der Waals surface area contributed by atoms with Gasteiger partial charge >= 0.3 is 5.97 Å². The van der Waals surface area contributed by atoms with Crippen molar-refractivity contribution in [3.8, 4) is 0 Å². The van der Waals surface area contributed by atoms with Gasteiger partial charge in [-0.25, -0.2) is 22.2 Å². The average molecular weight is 314 g/mol. The van der Waals surface area contributed by atoms with Gasteiger partial charge in [-0.05, 0) is 31.5 Å². The Hall–Kier alpha value is -2.29. The van der Waals surface area contributed by atoms with E-state index in [1.807, 2.05) is 0 Å². The molecule has 21 heavy (non-hydrogen) atoms. The number of carboxylic acids is 1. The second-order valence-corrected chi connectivity index (χ2v) is 6.45. The molecule has 0 unspecified atom stereocenters. The van der Waals surface area contributed by atoms with Crippen LogP contribution in [0.25, 0.3) is 0 Å². The highest BCUT2D eigenvalue weighted by molar-refractivity contribution is 7.90. The molecule has 112 valence electrons. The van der Waals surface area contributed by atoms with Gasteiger partial charge in [0.25, 0.3) is 0 Å². The lowest BCUT2D eigenvalue weighted by Gasteiger charge is -2.07. The van der Waals surface area contributed by atoms with Crippen LogP contribution in [0.15, 0.2) is 21.7 Å². The third kappa shape index (κ3) is 2.92. The number of halogens is 1. The molecule has 0 spiro atoms. The number of hydrogen-bond acceptors (Lipinski definition) is 6. The molecule has 0 saturated heterocycles. The summed E-state index contributed by atoms with van der Waals surface area (Å²) >= 11 is 0. The fourth-order valence-electron chi connectivity index (χ4n) is 1.72. The normalized spacial score (nSPS) is 11.6. The van der Waals surface area contributed by atoms with Crippen LogP contribution < -0.4 is 0 Å². The lowest BCUT2D eigenvalue weighted by atomic mass is 10.1. The van der Waals surface area contributed by atoms with Gasteiger partial charge in [-0.2, -0.15) is 0 Å². The van der Waals surface area contributed by atoms with Crippen molar-refractivity contribution in [2.45, 2.75) is 24.5 Å². The summed E-state index contributed by atoms with van der Waals surface area (Å²) in [6.07, 6.45) is 0. The maximum Gasteiger partial charge on any atom is 0.338 e. The van der Waals surface area contributed by atoms with Crippen molar-refractivity contribution < 1.29 is 27.3 Å². The third-order valence-corrected chi connectivity index (χ3v) is 4.50. The van der Waals surface area contributed by atoms with Gasteiger partial charge in [0.05, 0.1) is 10.5 Å². The molecule has 1 aromatic carbocycles. The van der Waals surface area contributed by atoms with Crippen molar-refractivity contribution >= 4 is 15.8 Å². The summed E-state index contributed by atoms with van der Waals surface area (Å²) in [6, 6.07) is 1.88. The van der Waals surface area contributed by atoms with E-state index in [4.69, 9.17) is 5.11 Å². The topological polar surface area (TPSA) is 110 Å². The van der Waals surface area contributed by atoms with Crippen LogP contribution in [0, 0.1) is 19.7 Å². The molecule has 0 aliphatic rings. The van der Waals surface area contributed by atoms with Crippen LogP contribution >= 0.6 is 0 Å². The second-order valence-electron chi connectivity index (χ2n) is 4.46. The Balaban J connectivity index is 2.50. The van der Waals surface area contributed by atoms with E-state index < -0.39 is 32.9 Å². The first-order valence-electron chi connectivity index (χ1n) is 5.76. The number of carbonyl (C=O) groups is 1. The molecule has 0 fully saturated rings. The molecule has 0 amide bonds. The first-order valence-corrected chi connectivity index (χ1v) is 7.42. The minimum absolute atomic E-state index is 0.0662. The smallest absolute Gasteiger partial charge is 0.338 e. The van der Waals surface area contributed by atoms with Crippen LogP contribution in [0.5, 0.6) is 0 Å². The Morgan fingerprint density at radius 2 is 2.00 bits per heavy atom. The molecule has 7 nitrogen and oxygen atoms in total. The average Bonchev–Trinajstić information content (AvgIpc) is 2.77. The van der Waals surface area contributed by atoms with E-state index in [9.17, 15) is 17.6 Å². The maximum atomic E-state index is 13.6. The lowest BCUT2D eigenvalue weighted by molar-refractivity contribution is 0.0691. The number of rotatable bonds is 4. The molecule has 9 heteroatoms. The van der Waals surface area contributed by atoms with E-state index in [0.29, 0.717) is 5.69 Å². The van der Waals surface area contributed by atoms with Gasteiger partial charge in [0.15, 0.2) is 9.84 Å². The number of hydrogen-bond donors (Lipinski definition) is 1. The van der Waals surface area contributed by atoms with Gasteiger partial charge in [0, 0.05) is 0 Å². The van der Waals surface area contributed by atoms with Crippen molar-refractivity contribution in [2.75, 3.05) is 0 Å². The predicted octanol–water partition coefficient (Wildman–Crippen LogP) is 1.50. The van der Waals surface area contributed by atoms with Crippen LogP contribution in [0.1, 0.15) is 27.3 Å². The summed E-state index contributed by atoms with van der Waals surface area (Å²) in [7, 11) is -3.89. The fraction of sp³-hybridized carbons (Fsp3) is 0.250. The van der Waals surface area contributed by atoms with Gasteiger partial charge in [-0.1, -0.05) is 10.3 Å². The summed E-state index contributed by atoms with van der Waals surface area (Å²) in [5, 5.41) is 15.8. The summed E-state index contributed by atoms with van der Waals surface area (Å²) in [6.45, 7) is 2.82. The lowest BCUT2D eigenvalue weighted by Crippen LogP contribution is -2.10. The predicted molar refractivity (Wildman–Crippen MR) is 68.0 cm³/mol. The van der Waals surface area contributed by atoms with Gasteiger partial charge in [-0.15, -0.1) is 0 Å². The Morgan fingerprint density at radius 1 is 1.33 bits per heavy atom. The highest BCUT2D eigenvalue weighted by Crippen LogP contribution is 2.22. The van der Waals surface area contributed by atoms with Gasteiger partial charge in [0.2, 0.25) is 0 Å². The number of aryl methyl sites for hydroxylation is 2. The van der Waals surface area contributed by atoms with Crippen LogP contribution in [0.4, 0.5) is 4.39 Å². The minimum Gasteiger partial charge on any atom is -0.478 e. The van der Waals surface area contributed by atoms with Crippen LogP contribution in [-0.2, 0) is 15.6 Å². The largest absolute Gasteiger partial charge is 0.478 e. The molecular formula is C12H11FN2O5S.